The lowest BCUT2D eigenvalue weighted by Gasteiger charge is -2.13. The second-order valence-electron chi connectivity index (χ2n) is 4.19. The summed E-state index contributed by atoms with van der Waals surface area (Å²) in [6.07, 6.45) is 0. The number of tetrazole rings is 1. The second-order valence-corrected chi connectivity index (χ2v) is 6.79. The molecular weight excluding hydrogens is 367 g/mol. The van der Waals surface area contributed by atoms with E-state index in [0.717, 1.165) is 0 Å². The van der Waals surface area contributed by atoms with Crippen LogP contribution in [-0.2, 0) is 16.6 Å². The van der Waals surface area contributed by atoms with Gasteiger partial charge in [0.05, 0.1) is 6.04 Å². The number of halogens is 2. The minimum Gasteiger partial charge on any atom is -0.326 e. The van der Waals surface area contributed by atoms with Crippen molar-refractivity contribution in [3.8, 4) is 0 Å². The number of aromatic nitrogens is 4. The minimum absolute atomic E-state index is 0.0944. The molecule has 1 atom stereocenters. The van der Waals surface area contributed by atoms with Crippen molar-refractivity contribution in [2.24, 2.45) is 5.73 Å². The summed E-state index contributed by atoms with van der Waals surface area (Å²) in [7, 11) is -4.10. The Morgan fingerprint density at radius 3 is 2.81 bits per heavy atom. The minimum atomic E-state index is -4.10. The van der Waals surface area contributed by atoms with Crippen molar-refractivity contribution >= 4 is 26.0 Å². The van der Waals surface area contributed by atoms with Gasteiger partial charge in [0.2, 0.25) is 10.0 Å². The van der Waals surface area contributed by atoms with Crippen LogP contribution >= 0.6 is 15.9 Å². The van der Waals surface area contributed by atoms with Gasteiger partial charge in [0, 0.05) is 16.6 Å². The Hall–Kier alpha value is -1.43. The highest BCUT2D eigenvalue weighted by Gasteiger charge is 2.25. The molecule has 0 aliphatic rings. The van der Waals surface area contributed by atoms with Crippen LogP contribution in [0, 0.1) is 5.82 Å². The maximum absolute atomic E-state index is 14.2. The van der Waals surface area contributed by atoms with Gasteiger partial charge in [-0.3, -0.25) is 0 Å². The van der Waals surface area contributed by atoms with E-state index in [2.05, 4.69) is 41.3 Å². The van der Waals surface area contributed by atoms with E-state index in [-0.39, 0.29) is 17.9 Å². The fourth-order valence-electron chi connectivity index (χ4n) is 1.66. The quantitative estimate of drug-likeness (QED) is 0.698. The zero-order valence-corrected chi connectivity index (χ0v) is 13.2. The molecule has 8 nitrogen and oxygen atoms in total. The van der Waals surface area contributed by atoms with E-state index in [1.165, 1.54) is 19.1 Å². The summed E-state index contributed by atoms with van der Waals surface area (Å²) in [6, 6.07) is 1.82. The first-order chi connectivity index (χ1) is 9.85. The summed E-state index contributed by atoms with van der Waals surface area (Å²) in [5.74, 6) is -0.735. The molecule has 1 aromatic carbocycles. The van der Waals surface area contributed by atoms with Gasteiger partial charge in [0.1, 0.15) is 10.7 Å². The maximum Gasteiger partial charge on any atom is 0.244 e. The molecule has 1 unspecified atom stereocenters. The number of hydrogen-bond acceptors (Lipinski definition) is 6. The lowest BCUT2D eigenvalue weighted by atomic mass is 10.2. The molecule has 0 aliphatic carbocycles. The maximum atomic E-state index is 14.2. The SMILES string of the molecule is CC(NS(=O)(=O)c1cc(Br)cc(CN)c1F)c1nn[nH]n1. The van der Waals surface area contributed by atoms with Gasteiger partial charge in [-0.1, -0.05) is 21.1 Å². The third-order valence-electron chi connectivity index (χ3n) is 2.67. The van der Waals surface area contributed by atoms with Gasteiger partial charge >= 0.3 is 0 Å². The summed E-state index contributed by atoms with van der Waals surface area (Å²) in [5.41, 5.74) is 5.50. The Morgan fingerprint density at radius 1 is 1.52 bits per heavy atom. The van der Waals surface area contributed by atoms with E-state index < -0.39 is 26.8 Å². The summed E-state index contributed by atoms with van der Waals surface area (Å²) < 4.78 is 41.4. The van der Waals surface area contributed by atoms with E-state index in [4.69, 9.17) is 5.73 Å². The van der Waals surface area contributed by atoms with E-state index in [9.17, 15) is 12.8 Å². The van der Waals surface area contributed by atoms with Crippen LogP contribution in [0.25, 0.3) is 0 Å². The molecule has 21 heavy (non-hydrogen) atoms. The van der Waals surface area contributed by atoms with Gasteiger partial charge in [-0.25, -0.2) is 17.5 Å². The molecule has 1 aromatic heterocycles. The van der Waals surface area contributed by atoms with E-state index >= 15 is 0 Å². The Morgan fingerprint density at radius 2 is 2.24 bits per heavy atom. The lowest BCUT2D eigenvalue weighted by molar-refractivity contribution is 0.537. The highest BCUT2D eigenvalue weighted by molar-refractivity contribution is 9.10. The van der Waals surface area contributed by atoms with E-state index in [1.54, 1.807) is 0 Å². The van der Waals surface area contributed by atoms with Gasteiger partial charge in [0.25, 0.3) is 0 Å². The smallest absolute Gasteiger partial charge is 0.244 e. The number of rotatable bonds is 5. The van der Waals surface area contributed by atoms with Crippen LogP contribution < -0.4 is 10.5 Å². The van der Waals surface area contributed by atoms with Crippen molar-refractivity contribution in [2.75, 3.05) is 0 Å². The van der Waals surface area contributed by atoms with Crippen molar-refractivity contribution < 1.29 is 12.8 Å². The summed E-state index contributed by atoms with van der Waals surface area (Å²) in [4.78, 5) is -0.493. The van der Waals surface area contributed by atoms with Crippen molar-refractivity contribution in [2.45, 2.75) is 24.4 Å². The van der Waals surface area contributed by atoms with Gasteiger partial charge < -0.3 is 5.73 Å². The number of aromatic amines is 1. The zero-order chi connectivity index (χ0) is 15.6. The van der Waals surface area contributed by atoms with Crippen LogP contribution in [0.5, 0.6) is 0 Å². The molecule has 11 heteroatoms. The van der Waals surface area contributed by atoms with Crippen LogP contribution in [0.1, 0.15) is 24.4 Å². The van der Waals surface area contributed by atoms with Crippen LogP contribution in [-0.4, -0.2) is 29.0 Å². The molecule has 0 amide bonds. The number of sulfonamides is 1. The summed E-state index contributed by atoms with van der Waals surface area (Å²) in [5, 5.41) is 12.9. The molecule has 0 fully saturated rings. The monoisotopic (exact) mass is 378 g/mol. The van der Waals surface area contributed by atoms with Crippen molar-refractivity contribution in [3.05, 3.63) is 33.8 Å². The number of H-pyrrole nitrogens is 1. The average molecular weight is 379 g/mol. The van der Waals surface area contributed by atoms with Crippen LogP contribution in [0.2, 0.25) is 0 Å². The van der Waals surface area contributed by atoms with Crippen LogP contribution in [0.15, 0.2) is 21.5 Å². The average Bonchev–Trinajstić information content (AvgIpc) is 2.94. The Bertz CT molecular complexity index is 736. The number of nitrogens with zero attached hydrogens (tertiary/aromatic N) is 3. The van der Waals surface area contributed by atoms with E-state index in [1.807, 2.05) is 0 Å². The lowest BCUT2D eigenvalue weighted by Crippen LogP contribution is -2.28. The highest BCUT2D eigenvalue weighted by atomic mass is 79.9. The van der Waals surface area contributed by atoms with Gasteiger partial charge in [-0.05, 0) is 19.1 Å². The Kier molecular flexibility index (Phi) is 4.66. The first-order valence-corrected chi connectivity index (χ1v) is 8.06. The molecule has 114 valence electrons. The molecule has 1 heterocycles. The first kappa shape index (κ1) is 15.9. The molecule has 2 aromatic rings. The summed E-state index contributed by atoms with van der Waals surface area (Å²) >= 11 is 3.13. The number of benzene rings is 1. The Labute approximate surface area is 128 Å². The van der Waals surface area contributed by atoms with Crippen LogP contribution in [0.3, 0.4) is 0 Å². The molecule has 0 spiro atoms. The number of nitrogens with two attached hydrogens (primary N) is 1. The predicted molar refractivity (Wildman–Crippen MR) is 74.9 cm³/mol. The zero-order valence-electron chi connectivity index (χ0n) is 10.8. The fraction of sp³-hybridized carbons (Fsp3) is 0.300. The molecule has 0 saturated heterocycles. The van der Waals surface area contributed by atoms with Gasteiger partial charge in [-0.15, -0.1) is 10.2 Å². The third kappa shape index (κ3) is 3.43. The van der Waals surface area contributed by atoms with Crippen molar-refractivity contribution in [1.82, 2.24) is 25.3 Å². The Balaban J connectivity index is 2.38. The molecule has 0 radical (unpaired) electrons. The molecule has 0 aliphatic heterocycles. The van der Waals surface area contributed by atoms with Crippen LogP contribution in [0.4, 0.5) is 4.39 Å². The molecule has 0 bridgehead atoms. The number of hydrogen-bond donors (Lipinski definition) is 3. The fourth-order valence-corrected chi connectivity index (χ4v) is 3.67. The second kappa shape index (κ2) is 6.13. The molecule has 0 saturated carbocycles. The summed E-state index contributed by atoms with van der Waals surface area (Å²) in [6.45, 7) is 1.40. The number of nitrogens with one attached hydrogen (secondary N) is 2. The largest absolute Gasteiger partial charge is 0.326 e. The normalized spacial score (nSPS) is 13.3. The topological polar surface area (TPSA) is 127 Å². The van der Waals surface area contributed by atoms with Crippen molar-refractivity contribution in [1.29, 1.82) is 0 Å². The molecular formula is C10H12BrFN6O2S. The van der Waals surface area contributed by atoms with Gasteiger partial charge in [-0.2, -0.15) is 5.21 Å². The third-order valence-corrected chi connectivity index (χ3v) is 4.67. The standard InChI is InChI=1S/C10H12BrFN6O2S/c1-5(10-14-17-18-15-10)16-21(19,20)8-3-7(11)2-6(4-13)9(8)12/h2-3,5,16H,4,13H2,1H3,(H,14,15,17,18). The molecule has 4 N–H and O–H groups in total. The first-order valence-electron chi connectivity index (χ1n) is 5.79. The molecule has 2 rings (SSSR count). The van der Waals surface area contributed by atoms with E-state index in [0.29, 0.717) is 4.47 Å². The predicted octanol–water partition coefficient (Wildman–Crippen LogP) is 0.600. The van der Waals surface area contributed by atoms with Crippen molar-refractivity contribution in [3.63, 3.8) is 0 Å². The van der Waals surface area contributed by atoms with Gasteiger partial charge in [0.15, 0.2) is 5.82 Å². The highest BCUT2D eigenvalue weighted by Crippen LogP contribution is 2.25.